The van der Waals surface area contributed by atoms with Gasteiger partial charge in [-0.05, 0) is 17.3 Å². The Hall–Kier alpha value is -0.0400. The lowest BCUT2D eigenvalue weighted by molar-refractivity contribution is 0.255. The van der Waals surface area contributed by atoms with E-state index in [1.54, 1.807) is 0 Å². The standard InChI is InChI=1S/C10H21N/c1-7(2)9-8(3)10(4,5)6-11-9/h7-9,11H,6H2,1-5H3. The topological polar surface area (TPSA) is 12.0 Å². The first-order valence-electron chi connectivity index (χ1n) is 4.68. The van der Waals surface area contributed by atoms with E-state index in [2.05, 4.69) is 39.9 Å². The Morgan fingerprint density at radius 3 is 2.09 bits per heavy atom. The summed E-state index contributed by atoms with van der Waals surface area (Å²) in [5.74, 6) is 1.58. The third-order valence-electron chi connectivity index (χ3n) is 3.28. The molecule has 1 heterocycles. The molecule has 66 valence electrons. The second kappa shape index (κ2) is 2.78. The molecule has 0 saturated carbocycles. The van der Waals surface area contributed by atoms with Crippen molar-refractivity contribution in [3.63, 3.8) is 0 Å². The molecule has 0 aromatic carbocycles. The van der Waals surface area contributed by atoms with Crippen molar-refractivity contribution in [3.05, 3.63) is 0 Å². The SMILES string of the molecule is CC(C)C1NCC(C)(C)C1C. The monoisotopic (exact) mass is 155 g/mol. The van der Waals surface area contributed by atoms with Crippen molar-refractivity contribution in [2.24, 2.45) is 17.3 Å². The van der Waals surface area contributed by atoms with Crippen LogP contribution in [0.15, 0.2) is 0 Å². The van der Waals surface area contributed by atoms with Crippen LogP contribution in [-0.4, -0.2) is 12.6 Å². The number of hydrogen-bond acceptors (Lipinski definition) is 1. The Morgan fingerprint density at radius 2 is 1.91 bits per heavy atom. The molecule has 1 aliphatic heterocycles. The number of hydrogen-bond donors (Lipinski definition) is 1. The van der Waals surface area contributed by atoms with Crippen molar-refractivity contribution in [2.75, 3.05) is 6.54 Å². The predicted molar refractivity (Wildman–Crippen MR) is 49.6 cm³/mol. The molecular weight excluding hydrogens is 134 g/mol. The van der Waals surface area contributed by atoms with Gasteiger partial charge in [-0.2, -0.15) is 0 Å². The highest BCUT2D eigenvalue weighted by Gasteiger charge is 2.39. The van der Waals surface area contributed by atoms with Crippen LogP contribution in [-0.2, 0) is 0 Å². The normalized spacial score (nSPS) is 36.5. The summed E-state index contributed by atoms with van der Waals surface area (Å²) in [7, 11) is 0. The van der Waals surface area contributed by atoms with Crippen LogP contribution in [0.25, 0.3) is 0 Å². The summed E-state index contributed by atoms with van der Waals surface area (Å²) < 4.78 is 0. The van der Waals surface area contributed by atoms with E-state index in [0.717, 1.165) is 17.9 Å². The Morgan fingerprint density at radius 1 is 1.36 bits per heavy atom. The Balaban J connectivity index is 2.63. The molecule has 2 atom stereocenters. The third-order valence-corrected chi connectivity index (χ3v) is 3.28. The van der Waals surface area contributed by atoms with E-state index < -0.39 is 0 Å². The zero-order chi connectivity index (χ0) is 8.65. The van der Waals surface area contributed by atoms with E-state index in [4.69, 9.17) is 0 Å². The minimum absolute atomic E-state index is 0.495. The first-order chi connectivity index (χ1) is 4.95. The van der Waals surface area contributed by atoms with Crippen molar-refractivity contribution < 1.29 is 0 Å². The maximum atomic E-state index is 3.60. The Labute approximate surface area is 70.6 Å². The second-order valence-electron chi connectivity index (χ2n) is 4.93. The maximum Gasteiger partial charge on any atom is 0.0121 e. The molecule has 0 aromatic rings. The zero-order valence-electron chi connectivity index (χ0n) is 8.44. The zero-order valence-corrected chi connectivity index (χ0v) is 8.44. The molecule has 0 aliphatic carbocycles. The highest BCUT2D eigenvalue weighted by atomic mass is 15.0. The second-order valence-corrected chi connectivity index (χ2v) is 4.93. The van der Waals surface area contributed by atoms with Gasteiger partial charge in [-0.3, -0.25) is 0 Å². The van der Waals surface area contributed by atoms with Gasteiger partial charge in [0.05, 0.1) is 0 Å². The molecular formula is C10H21N. The van der Waals surface area contributed by atoms with Crippen LogP contribution in [0.4, 0.5) is 0 Å². The van der Waals surface area contributed by atoms with Gasteiger partial charge in [-0.25, -0.2) is 0 Å². The van der Waals surface area contributed by atoms with E-state index in [0.29, 0.717) is 5.41 Å². The molecule has 1 aliphatic rings. The lowest BCUT2D eigenvalue weighted by Gasteiger charge is -2.27. The summed E-state index contributed by atoms with van der Waals surface area (Å²) in [6.45, 7) is 12.9. The smallest absolute Gasteiger partial charge is 0.0121 e. The van der Waals surface area contributed by atoms with Crippen LogP contribution in [0.5, 0.6) is 0 Å². The lowest BCUT2D eigenvalue weighted by Crippen LogP contribution is -2.31. The van der Waals surface area contributed by atoms with E-state index in [-0.39, 0.29) is 0 Å². The number of nitrogens with one attached hydrogen (secondary N) is 1. The van der Waals surface area contributed by atoms with Crippen LogP contribution >= 0.6 is 0 Å². The molecule has 0 amide bonds. The van der Waals surface area contributed by atoms with Gasteiger partial charge in [0.25, 0.3) is 0 Å². The number of rotatable bonds is 1. The van der Waals surface area contributed by atoms with Crippen LogP contribution in [0.2, 0.25) is 0 Å². The molecule has 1 saturated heterocycles. The summed E-state index contributed by atoms with van der Waals surface area (Å²) in [4.78, 5) is 0. The average Bonchev–Trinajstić information content (AvgIpc) is 2.09. The summed E-state index contributed by atoms with van der Waals surface area (Å²) >= 11 is 0. The van der Waals surface area contributed by atoms with Gasteiger partial charge >= 0.3 is 0 Å². The van der Waals surface area contributed by atoms with Gasteiger partial charge in [0.15, 0.2) is 0 Å². The fourth-order valence-corrected chi connectivity index (χ4v) is 2.02. The van der Waals surface area contributed by atoms with Crippen molar-refractivity contribution in [1.82, 2.24) is 5.32 Å². The van der Waals surface area contributed by atoms with Crippen molar-refractivity contribution in [1.29, 1.82) is 0 Å². The summed E-state index contributed by atoms with van der Waals surface area (Å²) in [6.07, 6.45) is 0. The van der Waals surface area contributed by atoms with Crippen molar-refractivity contribution in [3.8, 4) is 0 Å². The van der Waals surface area contributed by atoms with E-state index in [1.807, 2.05) is 0 Å². The minimum atomic E-state index is 0.495. The van der Waals surface area contributed by atoms with E-state index in [9.17, 15) is 0 Å². The Bertz CT molecular complexity index is 138. The van der Waals surface area contributed by atoms with Gasteiger partial charge in [0.1, 0.15) is 0 Å². The molecule has 1 heteroatoms. The molecule has 1 fully saturated rings. The minimum Gasteiger partial charge on any atom is -0.313 e. The Kier molecular flexibility index (Phi) is 2.29. The quantitative estimate of drug-likeness (QED) is 0.612. The highest BCUT2D eigenvalue weighted by Crippen LogP contribution is 2.36. The first-order valence-corrected chi connectivity index (χ1v) is 4.68. The van der Waals surface area contributed by atoms with Crippen molar-refractivity contribution in [2.45, 2.75) is 40.7 Å². The largest absolute Gasteiger partial charge is 0.313 e. The van der Waals surface area contributed by atoms with Crippen molar-refractivity contribution >= 4 is 0 Å². The summed E-state index contributed by atoms with van der Waals surface area (Å²) in [6, 6.07) is 0.727. The fourth-order valence-electron chi connectivity index (χ4n) is 2.02. The molecule has 1 rings (SSSR count). The highest BCUT2D eigenvalue weighted by molar-refractivity contribution is 4.94. The van der Waals surface area contributed by atoms with Crippen LogP contribution < -0.4 is 5.32 Å². The van der Waals surface area contributed by atoms with Gasteiger partial charge in [-0.1, -0.05) is 34.6 Å². The van der Waals surface area contributed by atoms with Gasteiger partial charge < -0.3 is 5.32 Å². The molecule has 11 heavy (non-hydrogen) atoms. The van der Waals surface area contributed by atoms with Crippen LogP contribution in [0, 0.1) is 17.3 Å². The summed E-state index contributed by atoms with van der Waals surface area (Å²) in [5, 5.41) is 3.60. The predicted octanol–water partition coefficient (Wildman–Crippen LogP) is 2.28. The van der Waals surface area contributed by atoms with E-state index in [1.165, 1.54) is 6.54 Å². The molecule has 0 aromatic heterocycles. The molecule has 0 radical (unpaired) electrons. The molecule has 1 nitrogen and oxygen atoms in total. The molecule has 1 N–H and O–H groups in total. The average molecular weight is 155 g/mol. The van der Waals surface area contributed by atoms with Crippen LogP contribution in [0.1, 0.15) is 34.6 Å². The van der Waals surface area contributed by atoms with Gasteiger partial charge in [-0.15, -0.1) is 0 Å². The molecule has 0 bridgehead atoms. The van der Waals surface area contributed by atoms with Crippen LogP contribution in [0.3, 0.4) is 0 Å². The molecule has 2 unspecified atom stereocenters. The van der Waals surface area contributed by atoms with E-state index >= 15 is 0 Å². The molecule has 0 spiro atoms. The van der Waals surface area contributed by atoms with Gasteiger partial charge in [0, 0.05) is 12.6 Å². The third kappa shape index (κ3) is 1.58. The van der Waals surface area contributed by atoms with Gasteiger partial charge in [0.2, 0.25) is 0 Å². The first kappa shape index (κ1) is 9.05. The fraction of sp³-hybridized carbons (Fsp3) is 1.00. The maximum absolute atomic E-state index is 3.60. The lowest BCUT2D eigenvalue weighted by atomic mass is 9.77. The summed E-state index contributed by atoms with van der Waals surface area (Å²) in [5.41, 5.74) is 0.495.